The summed E-state index contributed by atoms with van der Waals surface area (Å²) in [4.78, 5) is 17.2. The first kappa shape index (κ1) is 20.2. The van der Waals surface area contributed by atoms with E-state index in [9.17, 15) is 4.79 Å². The first-order valence-corrected chi connectivity index (χ1v) is 9.75. The summed E-state index contributed by atoms with van der Waals surface area (Å²) >= 11 is 0. The predicted molar refractivity (Wildman–Crippen MR) is 118 cm³/mol. The minimum absolute atomic E-state index is 0.287. The van der Waals surface area contributed by atoms with Gasteiger partial charge in [0.2, 0.25) is 5.88 Å². The molecule has 0 unspecified atom stereocenters. The first-order chi connectivity index (χ1) is 15.1. The number of benzene rings is 2. The number of anilines is 1. The largest absolute Gasteiger partial charge is 0.497 e. The molecule has 0 fully saturated rings. The topological polar surface area (TPSA) is 78.3 Å². The minimum atomic E-state index is -0.287. The van der Waals surface area contributed by atoms with Gasteiger partial charge in [-0.1, -0.05) is 18.2 Å². The Morgan fingerprint density at radius 1 is 0.968 bits per heavy atom. The Kier molecular flexibility index (Phi) is 5.66. The van der Waals surface area contributed by atoms with E-state index in [0.29, 0.717) is 22.9 Å². The molecular weight excluding hydrogens is 392 g/mol. The van der Waals surface area contributed by atoms with Gasteiger partial charge in [-0.15, -0.1) is 0 Å². The van der Waals surface area contributed by atoms with Crippen LogP contribution >= 0.6 is 0 Å². The van der Waals surface area contributed by atoms with E-state index in [4.69, 9.17) is 9.47 Å². The van der Waals surface area contributed by atoms with Crippen LogP contribution in [0.5, 0.6) is 17.4 Å². The fraction of sp³-hybridized carbons (Fsp3) is 0.125. The number of methoxy groups -OCH3 is 1. The Labute approximate surface area is 180 Å². The molecule has 0 radical (unpaired) electrons. The molecule has 0 bridgehead atoms. The quantitative estimate of drug-likeness (QED) is 0.484. The maximum Gasteiger partial charge on any atom is 0.259 e. The number of hydrogen-bond donors (Lipinski definition) is 1. The summed E-state index contributed by atoms with van der Waals surface area (Å²) in [5.41, 5.74) is 3.69. The smallest absolute Gasteiger partial charge is 0.259 e. The van der Waals surface area contributed by atoms with E-state index in [1.807, 2.05) is 38.1 Å². The molecule has 7 heteroatoms. The van der Waals surface area contributed by atoms with E-state index in [1.54, 1.807) is 60.6 Å². The maximum absolute atomic E-state index is 13.0. The zero-order valence-corrected chi connectivity index (χ0v) is 17.5. The summed E-state index contributed by atoms with van der Waals surface area (Å²) < 4.78 is 12.8. The van der Waals surface area contributed by atoms with Gasteiger partial charge in [0.05, 0.1) is 30.3 Å². The Bertz CT molecular complexity index is 1220. The molecule has 0 aliphatic heterocycles. The van der Waals surface area contributed by atoms with Gasteiger partial charge in [-0.05, 0) is 61.9 Å². The number of amides is 1. The number of carbonyl (C=O) groups excluding carboxylic acids is 1. The molecule has 0 saturated carbocycles. The van der Waals surface area contributed by atoms with E-state index < -0.39 is 0 Å². The van der Waals surface area contributed by atoms with Crippen molar-refractivity contribution >= 4 is 11.6 Å². The second kappa shape index (κ2) is 8.71. The highest BCUT2D eigenvalue weighted by Gasteiger charge is 2.18. The summed E-state index contributed by atoms with van der Waals surface area (Å²) in [7, 11) is 1.60. The average molecular weight is 414 g/mol. The minimum Gasteiger partial charge on any atom is -0.497 e. The highest BCUT2D eigenvalue weighted by atomic mass is 16.5. The molecule has 31 heavy (non-hydrogen) atoms. The number of carbonyl (C=O) groups is 1. The third-order valence-corrected chi connectivity index (χ3v) is 4.89. The number of aromatic nitrogens is 3. The highest BCUT2D eigenvalue weighted by Crippen LogP contribution is 2.29. The molecule has 0 spiro atoms. The lowest BCUT2D eigenvalue weighted by Crippen LogP contribution is -2.14. The SMILES string of the molecule is COc1ccc(Oc2ncccc2NC(=O)c2cnn(-c3ccccc3C)c2C)cc1. The van der Waals surface area contributed by atoms with E-state index in [-0.39, 0.29) is 5.91 Å². The van der Waals surface area contributed by atoms with Gasteiger partial charge < -0.3 is 14.8 Å². The molecule has 0 aliphatic carbocycles. The molecular formula is C24H22N4O3. The summed E-state index contributed by atoms with van der Waals surface area (Å²) in [6.45, 7) is 3.88. The molecule has 7 nitrogen and oxygen atoms in total. The molecule has 4 aromatic rings. The van der Waals surface area contributed by atoms with Crippen molar-refractivity contribution in [2.24, 2.45) is 0 Å². The Morgan fingerprint density at radius 3 is 2.45 bits per heavy atom. The third kappa shape index (κ3) is 4.25. The molecule has 0 atom stereocenters. The monoisotopic (exact) mass is 414 g/mol. The van der Waals surface area contributed by atoms with E-state index >= 15 is 0 Å². The first-order valence-electron chi connectivity index (χ1n) is 9.75. The van der Waals surface area contributed by atoms with Crippen molar-refractivity contribution in [2.75, 3.05) is 12.4 Å². The van der Waals surface area contributed by atoms with Crippen molar-refractivity contribution in [3.8, 4) is 23.1 Å². The van der Waals surface area contributed by atoms with Crippen LogP contribution in [0.4, 0.5) is 5.69 Å². The number of nitrogens with one attached hydrogen (secondary N) is 1. The molecule has 1 N–H and O–H groups in total. The molecule has 2 heterocycles. The van der Waals surface area contributed by atoms with Crippen molar-refractivity contribution < 1.29 is 14.3 Å². The third-order valence-electron chi connectivity index (χ3n) is 4.89. The number of ether oxygens (including phenoxy) is 2. The van der Waals surface area contributed by atoms with Crippen molar-refractivity contribution in [1.82, 2.24) is 14.8 Å². The van der Waals surface area contributed by atoms with E-state index in [2.05, 4.69) is 15.4 Å². The number of hydrogen-bond acceptors (Lipinski definition) is 5. The number of aryl methyl sites for hydroxylation is 1. The fourth-order valence-electron chi connectivity index (χ4n) is 3.19. The van der Waals surface area contributed by atoms with E-state index in [1.165, 1.54) is 0 Å². The van der Waals surface area contributed by atoms with Gasteiger partial charge in [0.1, 0.15) is 17.2 Å². The lowest BCUT2D eigenvalue weighted by Gasteiger charge is -2.12. The lowest BCUT2D eigenvalue weighted by molar-refractivity contribution is 0.102. The van der Waals surface area contributed by atoms with Crippen molar-refractivity contribution in [1.29, 1.82) is 0 Å². The van der Waals surface area contributed by atoms with Gasteiger partial charge in [0.15, 0.2) is 0 Å². The van der Waals surface area contributed by atoms with Gasteiger partial charge in [-0.25, -0.2) is 9.67 Å². The van der Waals surface area contributed by atoms with Crippen LogP contribution in [0, 0.1) is 13.8 Å². The van der Waals surface area contributed by atoms with Crippen molar-refractivity contribution in [3.05, 3.63) is 89.9 Å². The predicted octanol–water partition coefficient (Wildman–Crippen LogP) is 4.94. The van der Waals surface area contributed by atoms with Crippen LogP contribution in [0.1, 0.15) is 21.6 Å². The van der Waals surface area contributed by atoms with Crippen molar-refractivity contribution in [2.45, 2.75) is 13.8 Å². The molecule has 0 aliphatic rings. The standard InChI is InChI=1S/C24H22N4O3/c1-16-7-4-5-9-22(16)28-17(2)20(15-26-28)23(29)27-21-8-6-14-25-24(21)31-19-12-10-18(30-3)11-13-19/h4-15H,1-3H3,(H,27,29). The number of para-hydroxylation sites is 1. The van der Waals surface area contributed by atoms with Crippen LogP contribution < -0.4 is 14.8 Å². The van der Waals surface area contributed by atoms with Crippen LogP contribution in [0.3, 0.4) is 0 Å². The Morgan fingerprint density at radius 2 is 1.71 bits per heavy atom. The number of pyridine rings is 1. The molecule has 156 valence electrons. The molecule has 1 amide bonds. The molecule has 2 aromatic heterocycles. The molecule has 0 saturated heterocycles. The second-order valence-electron chi connectivity index (χ2n) is 6.93. The zero-order chi connectivity index (χ0) is 21.8. The molecule has 4 rings (SSSR count). The molecule has 2 aromatic carbocycles. The van der Waals surface area contributed by atoms with Crippen LogP contribution in [0.25, 0.3) is 5.69 Å². The van der Waals surface area contributed by atoms with Gasteiger partial charge in [0, 0.05) is 6.20 Å². The Balaban J connectivity index is 1.56. The zero-order valence-electron chi connectivity index (χ0n) is 17.5. The normalized spacial score (nSPS) is 10.5. The van der Waals surface area contributed by atoms with Crippen LogP contribution in [0.15, 0.2) is 73.1 Å². The summed E-state index contributed by atoms with van der Waals surface area (Å²) in [5, 5.41) is 7.30. The fourth-order valence-corrected chi connectivity index (χ4v) is 3.19. The van der Waals surface area contributed by atoms with Crippen LogP contribution in [0.2, 0.25) is 0 Å². The van der Waals surface area contributed by atoms with Crippen LogP contribution in [-0.4, -0.2) is 27.8 Å². The highest BCUT2D eigenvalue weighted by molar-refractivity contribution is 6.05. The van der Waals surface area contributed by atoms with Gasteiger partial charge >= 0.3 is 0 Å². The Hall–Kier alpha value is -4.13. The second-order valence-corrected chi connectivity index (χ2v) is 6.93. The van der Waals surface area contributed by atoms with E-state index in [0.717, 1.165) is 22.7 Å². The average Bonchev–Trinajstić information content (AvgIpc) is 3.17. The van der Waals surface area contributed by atoms with Crippen LogP contribution in [-0.2, 0) is 0 Å². The summed E-state index contributed by atoms with van der Waals surface area (Å²) in [5.74, 6) is 1.32. The summed E-state index contributed by atoms with van der Waals surface area (Å²) in [6.07, 6.45) is 3.17. The number of nitrogens with zero attached hydrogens (tertiary/aromatic N) is 3. The van der Waals surface area contributed by atoms with Crippen molar-refractivity contribution in [3.63, 3.8) is 0 Å². The lowest BCUT2D eigenvalue weighted by atomic mass is 10.2. The van der Waals surface area contributed by atoms with Gasteiger partial charge in [-0.3, -0.25) is 4.79 Å². The van der Waals surface area contributed by atoms with Gasteiger partial charge in [-0.2, -0.15) is 5.10 Å². The summed E-state index contributed by atoms with van der Waals surface area (Å²) in [6, 6.07) is 18.5. The number of rotatable bonds is 6. The van der Waals surface area contributed by atoms with Gasteiger partial charge in [0.25, 0.3) is 5.91 Å². The maximum atomic E-state index is 13.0.